The van der Waals surface area contributed by atoms with E-state index in [1.165, 1.54) is 5.56 Å². The van der Waals surface area contributed by atoms with Crippen LogP contribution in [0.25, 0.3) is 0 Å². The highest BCUT2D eigenvalue weighted by atomic mass is 16.2. The number of carbonyl (C=O) groups is 3. The van der Waals surface area contributed by atoms with Crippen LogP contribution in [0.4, 0.5) is 4.79 Å². The van der Waals surface area contributed by atoms with Crippen molar-refractivity contribution >= 4 is 17.8 Å². The molecular formula is C21H29N3O3. The average molecular weight is 371 g/mol. The first kappa shape index (κ1) is 19.4. The zero-order valence-electron chi connectivity index (χ0n) is 16.6. The van der Waals surface area contributed by atoms with Crippen LogP contribution in [-0.2, 0) is 15.1 Å². The fourth-order valence-corrected chi connectivity index (χ4v) is 3.93. The number of nitrogens with one attached hydrogen (secondary N) is 1. The predicted molar refractivity (Wildman–Crippen MR) is 103 cm³/mol. The van der Waals surface area contributed by atoms with Crippen molar-refractivity contribution in [3.63, 3.8) is 0 Å². The van der Waals surface area contributed by atoms with E-state index in [0.717, 1.165) is 29.7 Å². The first-order valence-electron chi connectivity index (χ1n) is 9.78. The lowest BCUT2D eigenvalue weighted by Gasteiger charge is -2.34. The third-order valence-electron chi connectivity index (χ3n) is 5.85. The zero-order chi connectivity index (χ0) is 19.8. The van der Waals surface area contributed by atoms with Gasteiger partial charge >= 0.3 is 6.03 Å². The van der Waals surface area contributed by atoms with Crippen LogP contribution in [0.2, 0.25) is 0 Å². The fourth-order valence-electron chi connectivity index (χ4n) is 3.93. The summed E-state index contributed by atoms with van der Waals surface area (Å²) in [4.78, 5) is 41.0. The summed E-state index contributed by atoms with van der Waals surface area (Å²) in [5.41, 5.74) is 0.761. The van der Waals surface area contributed by atoms with Gasteiger partial charge in [0.2, 0.25) is 5.91 Å². The van der Waals surface area contributed by atoms with E-state index in [1.54, 1.807) is 11.8 Å². The Balaban J connectivity index is 1.76. The number of amides is 4. The lowest BCUT2D eigenvalue weighted by molar-refractivity contribution is -0.140. The highest BCUT2D eigenvalue weighted by Crippen LogP contribution is 2.30. The van der Waals surface area contributed by atoms with Crippen molar-refractivity contribution in [1.29, 1.82) is 0 Å². The molecule has 146 valence electrons. The summed E-state index contributed by atoms with van der Waals surface area (Å²) in [5, 5.41) is 2.78. The first-order chi connectivity index (χ1) is 12.7. The number of hydrogen-bond acceptors (Lipinski definition) is 3. The molecule has 2 atom stereocenters. The summed E-state index contributed by atoms with van der Waals surface area (Å²) in [6, 6.07) is 7.37. The van der Waals surface area contributed by atoms with Crippen LogP contribution in [0.5, 0.6) is 0 Å². The van der Waals surface area contributed by atoms with E-state index < -0.39 is 11.6 Å². The lowest BCUT2D eigenvalue weighted by Crippen LogP contribution is -2.48. The maximum atomic E-state index is 13.0. The Labute approximate surface area is 160 Å². The summed E-state index contributed by atoms with van der Waals surface area (Å²) in [6.45, 7) is 8.42. The number of nitrogens with zero attached hydrogens (tertiary/aromatic N) is 2. The Morgan fingerprint density at radius 1 is 1.22 bits per heavy atom. The van der Waals surface area contributed by atoms with E-state index in [0.29, 0.717) is 12.5 Å². The standard InChI is InChI=1S/C21H29N3O3/c1-14(2)16-8-10-17(11-9-16)21(4)19(26)24(20(27)22-21)13-18(25)23-12-6-5-7-15(23)3/h8-11,14-15H,5-7,12-13H2,1-4H3,(H,22,27)/t15-,21+/m1/s1. The number of likely N-dealkylation sites (tertiary alicyclic amines) is 1. The van der Waals surface area contributed by atoms with Crippen molar-refractivity contribution in [1.82, 2.24) is 15.1 Å². The number of carbonyl (C=O) groups excluding carboxylic acids is 3. The molecule has 27 heavy (non-hydrogen) atoms. The highest BCUT2D eigenvalue weighted by molar-refractivity contribution is 6.09. The molecule has 0 saturated carbocycles. The second-order valence-electron chi connectivity index (χ2n) is 8.16. The van der Waals surface area contributed by atoms with Crippen molar-refractivity contribution < 1.29 is 14.4 Å². The van der Waals surface area contributed by atoms with Crippen molar-refractivity contribution in [2.75, 3.05) is 13.1 Å². The Kier molecular flexibility index (Phi) is 5.27. The number of hydrogen-bond donors (Lipinski definition) is 1. The molecule has 1 aromatic rings. The molecule has 6 heteroatoms. The number of benzene rings is 1. The van der Waals surface area contributed by atoms with Gasteiger partial charge in [0.25, 0.3) is 5.91 Å². The average Bonchev–Trinajstić information content (AvgIpc) is 2.86. The molecule has 6 nitrogen and oxygen atoms in total. The molecule has 0 spiro atoms. The minimum atomic E-state index is -1.14. The first-order valence-corrected chi connectivity index (χ1v) is 9.78. The highest BCUT2D eigenvalue weighted by Gasteiger charge is 2.49. The lowest BCUT2D eigenvalue weighted by atomic mass is 9.90. The zero-order valence-corrected chi connectivity index (χ0v) is 16.6. The normalized spacial score (nSPS) is 25.9. The third-order valence-corrected chi connectivity index (χ3v) is 5.85. The summed E-state index contributed by atoms with van der Waals surface area (Å²) in [5.74, 6) is -0.144. The molecule has 2 aliphatic rings. The summed E-state index contributed by atoms with van der Waals surface area (Å²) >= 11 is 0. The molecule has 2 aliphatic heterocycles. The molecular weight excluding hydrogens is 342 g/mol. The van der Waals surface area contributed by atoms with Crippen molar-refractivity contribution in [3.05, 3.63) is 35.4 Å². The van der Waals surface area contributed by atoms with Crippen LogP contribution < -0.4 is 5.32 Å². The van der Waals surface area contributed by atoms with Gasteiger partial charge in [-0.2, -0.15) is 0 Å². The SMILES string of the molecule is CC(C)c1ccc([C@]2(C)NC(=O)N(CC(=O)N3CCCC[C@H]3C)C2=O)cc1. The molecule has 1 aromatic carbocycles. The van der Waals surface area contributed by atoms with Gasteiger partial charge in [-0.1, -0.05) is 38.1 Å². The number of rotatable bonds is 4. The molecule has 2 fully saturated rings. The van der Waals surface area contributed by atoms with Gasteiger partial charge in [0.15, 0.2) is 0 Å². The number of imide groups is 1. The Bertz CT molecular complexity index is 744. The molecule has 4 amide bonds. The van der Waals surface area contributed by atoms with Gasteiger partial charge in [0.05, 0.1) is 0 Å². The molecule has 0 aromatic heterocycles. The summed E-state index contributed by atoms with van der Waals surface area (Å²) in [6.07, 6.45) is 3.04. The maximum absolute atomic E-state index is 13.0. The van der Waals surface area contributed by atoms with Crippen LogP contribution in [-0.4, -0.2) is 46.8 Å². The third kappa shape index (κ3) is 3.57. The van der Waals surface area contributed by atoms with Gasteiger partial charge in [0.1, 0.15) is 12.1 Å². The molecule has 0 unspecified atom stereocenters. The molecule has 0 bridgehead atoms. The van der Waals surface area contributed by atoms with Gasteiger partial charge in [-0.25, -0.2) is 4.79 Å². The number of piperidine rings is 1. The monoisotopic (exact) mass is 371 g/mol. The number of urea groups is 1. The van der Waals surface area contributed by atoms with Crippen LogP contribution in [0.15, 0.2) is 24.3 Å². The van der Waals surface area contributed by atoms with Gasteiger partial charge in [0, 0.05) is 12.6 Å². The van der Waals surface area contributed by atoms with Gasteiger partial charge < -0.3 is 10.2 Å². The Morgan fingerprint density at radius 2 is 1.89 bits per heavy atom. The molecule has 0 radical (unpaired) electrons. The Morgan fingerprint density at radius 3 is 2.48 bits per heavy atom. The molecule has 1 N–H and O–H groups in total. The molecule has 3 rings (SSSR count). The van der Waals surface area contributed by atoms with Crippen LogP contribution in [0.1, 0.15) is 64.0 Å². The van der Waals surface area contributed by atoms with Crippen molar-refractivity contribution in [2.45, 2.75) is 64.5 Å². The fraction of sp³-hybridized carbons (Fsp3) is 0.571. The smallest absolute Gasteiger partial charge is 0.325 e. The predicted octanol–water partition coefficient (Wildman–Crippen LogP) is 2.98. The van der Waals surface area contributed by atoms with E-state index in [2.05, 4.69) is 19.2 Å². The molecule has 0 aliphatic carbocycles. The van der Waals surface area contributed by atoms with Crippen LogP contribution >= 0.6 is 0 Å². The second kappa shape index (κ2) is 7.33. The topological polar surface area (TPSA) is 69.7 Å². The van der Waals surface area contributed by atoms with Crippen LogP contribution in [0.3, 0.4) is 0 Å². The second-order valence-corrected chi connectivity index (χ2v) is 8.16. The largest absolute Gasteiger partial charge is 0.338 e. The van der Waals surface area contributed by atoms with E-state index >= 15 is 0 Å². The summed E-state index contributed by atoms with van der Waals surface area (Å²) in [7, 11) is 0. The summed E-state index contributed by atoms with van der Waals surface area (Å²) < 4.78 is 0. The van der Waals surface area contributed by atoms with Gasteiger partial charge in [-0.05, 0) is 50.2 Å². The van der Waals surface area contributed by atoms with Crippen LogP contribution in [0, 0.1) is 0 Å². The van der Waals surface area contributed by atoms with Crippen molar-refractivity contribution in [3.8, 4) is 0 Å². The molecule has 2 heterocycles. The van der Waals surface area contributed by atoms with E-state index in [1.807, 2.05) is 31.2 Å². The minimum Gasteiger partial charge on any atom is -0.338 e. The van der Waals surface area contributed by atoms with E-state index in [-0.39, 0.29) is 24.4 Å². The quantitative estimate of drug-likeness (QED) is 0.827. The van der Waals surface area contributed by atoms with E-state index in [9.17, 15) is 14.4 Å². The van der Waals surface area contributed by atoms with E-state index in [4.69, 9.17) is 0 Å². The maximum Gasteiger partial charge on any atom is 0.325 e. The Hall–Kier alpha value is -2.37. The van der Waals surface area contributed by atoms with Gasteiger partial charge in [-0.3, -0.25) is 14.5 Å². The molecule has 2 saturated heterocycles. The van der Waals surface area contributed by atoms with Gasteiger partial charge in [-0.15, -0.1) is 0 Å². The van der Waals surface area contributed by atoms with Crippen molar-refractivity contribution in [2.24, 2.45) is 0 Å². The minimum absolute atomic E-state index is 0.155.